The molecule has 170 valence electrons. The summed E-state index contributed by atoms with van der Waals surface area (Å²) in [5.74, 6) is -2.07. The standard InChI is InChI=1S/C24H21Cl2N3O4/c1-15-20(16(2)29(28-15)13-18-5-3-4-6-21(18)26)11-12-23(31)33-14-22(30)27-24(32)17-7-9-19(25)10-8-17/h3-12H,13-14H2,1-2H3,(H,27,30,32)/b12-11+. The number of rotatable bonds is 7. The fraction of sp³-hybridized carbons (Fsp3) is 0.167. The Balaban J connectivity index is 1.55. The maximum atomic E-state index is 12.0. The van der Waals surface area contributed by atoms with E-state index in [1.54, 1.807) is 10.8 Å². The molecule has 0 saturated heterocycles. The molecule has 9 heteroatoms. The quantitative estimate of drug-likeness (QED) is 0.396. The Morgan fingerprint density at radius 3 is 2.45 bits per heavy atom. The number of ether oxygens (including phenoxy) is 1. The first-order chi connectivity index (χ1) is 15.7. The number of esters is 1. The first-order valence-corrected chi connectivity index (χ1v) is 10.7. The van der Waals surface area contributed by atoms with Crippen molar-refractivity contribution >= 4 is 47.1 Å². The summed E-state index contributed by atoms with van der Waals surface area (Å²) in [6, 6.07) is 13.5. The van der Waals surface area contributed by atoms with E-state index < -0.39 is 24.4 Å². The van der Waals surface area contributed by atoms with E-state index in [9.17, 15) is 14.4 Å². The maximum absolute atomic E-state index is 12.0. The van der Waals surface area contributed by atoms with Crippen LogP contribution in [0.4, 0.5) is 0 Å². The predicted octanol–water partition coefficient (Wildman–Crippen LogP) is 4.37. The van der Waals surface area contributed by atoms with Gasteiger partial charge in [-0.2, -0.15) is 5.10 Å². The number of nitrogens with one attached hydrogen (secondary N) is 1. The monoisotopic (exact) mass is 485 g/mol. The average Bonchev–Trinajstić information content (AvgIpc) is 3.05. The van der Waals surface area contributed by atoms with Gasteiger partial charge in [-0.3, -0.25) is 19.6 Å². The van der Waals surface area contributed by atoms with Gasteiger partial charge in [0.25, 0.3) is 11.8 Å². The van der Waals surface area contributed by atoms with Crippen LogP contribution < -0.4 is 5.32 Å². The number of benzene rings is 2. The zero-order chi connectivity index (χ0) is 24.0. The summed E-state index contributed by atoms with van der Waals surface area (Å²) in [6.45, 7) is 3.62. The van der Waals surface area contributed by atoms with E-state index in [1.165, 1.54) is 30.3 Å². The second kappa shape index (κ2) is 10.9. The molecule has 0 aliphatic rings. The Morgan fingerprint density at radius 2 is 1.76 bits per heavy atom. The number of halogens is 2. The van der Waals surface area contributed by atoms with Crippen LogP contribution in [0.1, 0.15) is 32.9 Å². The molecular formula is C24H21Cl2N3O4. The molecule has 0 fully saturated rings. The predicted molar refractivity (Wildman–Crippen MR) is 126 cm³/mol. The van der Waals surface area contributed by atoms with E-state index in [0.29, 0.717) is 16.6 Å². The van der Waals surface area contributed by atoms with Gasteiger partial charge in [0.2, 0.25) is 0 Å². The highest BCUT2D eigenvalue weighted by Crippen LogP contribution is 2.20. The van der Waals surface area contributed by atoms with Crippen molar-refractivity contribution in [3.05, 3.63) is 92.7 Å². The molecule has 0 spiro atoms. The van der Waals surface area contributed by atoms with Gasteiger partial charge in [0.15, 0.2) is 6.61 Å². The van der Waals surface area contributed by atoms with Crippen molar-refractivity contribution in [3.63, 3.8) is 0 Å². The number of hydrogen-bond donors (Lipinski definition) is 1. The smallest absolute Gasteiger partial charge is 0.331 e. The molecule has 3 rings (SSSR count). The minimum Gasteiger partial charge on any atom is -0.452 e. The molecule has 1 heterocycles. The topological polar surface area (TPSA) is 90.3 Å². The van der Waals surface area contributed by atoms with Gasteiger partial charge in [0.05, 0.1) is 12.2 Å². The molecule has 0 aliphatic carbocycles. The van der Waals surface area contributed by atoms with E-state index in [1.807, 2.05) is 38.1 Å². The van der Waals surface area contributed by atoms with E-state index in [4.69, 9.17) is 27.9 Å². The van der Waals surface area contributed by atoms with Crippen molar-refractivity contribution in [2.45, 2.75) is 20.4 Å². The molecule has 2 amide bonds. The van der Waals surface area contributed by atoms with Crippen molar-refractivity contribution in [1.82, 2.24) is 15.1 Å². The normalized spacial score (nSPS) is 10.9. The minimum absolute atomic E-state index is 0.263. The van der Waals surface area contributed by atoms with Crippen LogP contribution in [-0.2, 0) is 20.9 Å². The van der Waals surface area contributed by atoms with Crippen LogP contribution in [0.5, 0.6) is 0 Å². The van der Waals surface area contributed by atoms with Gasteiger partial charge in [-0.15, -0.1) is 0 Å². The highest BCUT2D eigenvalue weighted by molar-refractivity contribution is 6.31. The Bertz CT molecular complexity index is 1220. The second-order valence-corrected chi connectivity index (χ2v) is 8.00. The summed E-state index contributed by atoms with van der Waals surface area (Å²) >= 11 is 12.0. The van der Waals surface area contributed by atoms with Gasteiger partial charge in [-0.05, 0) is 55.8 Å². The number of amides is 2. The Kier molecular flexibility index (Phi) is 8.03. The van der Waals surface area contributed by atoms with Crippen LogP contribution in [0, 0.1) is 13.8 Å². The molecule has 0 radical (unpaired) electrons. The molecular weight excluding hydrogens is 465 g/mol. The number of aryl methyl sites for hydroxylation is 1. The number of hydrogen-bond acceptors (Lipinski definition) is 5. The van der Waals surface area contributed by atoms with E-state index in [0.717, 1.165) is 22.5 Å². The van der Waals surface area contributed by atoms with Gasteiger partial charge >= 0.3 is 5.97 Å². The highest BCUT2D eigenvalue weighted by atomic mass is 35.5. The summed E-state index contributed by atoms with van der Waals surface area (Å²) in [5, 5.41) is 7.78. The first kappa shape index (κ1) is 24.2. The maximum Gasteiger partial charge on any atom is 0.331 e. The highest BCUT2D eigenvalue weighted by Gasteiger charge is 2.13. The van der Waals surface area contributed by atoms with E-state index in [-0.39, 0.29) is 5.56 Å². The van der Waals surface area contributed by atoms with Gasteiger partial charge in [-0.25, -0.2) is 4.79 Å². The number of nitrogens with zero attached hydrogens (tertiary/aromatic N) is 2. The van der Waals surface area contributed by atoms with Crippen molar-refractivity contribution in [1.29, 1.82) is 0 Å². The third kappa shape index (κ3) is 6.54. The lowest BCUT2D eigenvalue weighted by molar-refractivity contribution is -0.143. The van der Waals surface area contributed by atoms with Crippen LogP contribution in [0.3, 0.4) is 0 Å². The van der Waals surface area contributed by atoms with Gasteiger partial charge in [0, 0.05) is 32.9 Å². The van der Waals surface area contributed by atoms with Crippen LogP contribution in [0.2, 0.25) is 10.0 Å². The van der Waals surface area contributed by atoms with Crippen molar-refractivity contribution in [2.75, 3.05) is 6.61 Å². The molecule has 1 N–H and O–H groups in total. The van der Waals surface area contributed by atoms with Crippen LogP contribution in [-0.4, -0.2) is 34.2 Å². The van der Waals surface area contributed by atoms with Gasteiger partial charge in [-0.1, -0.05) is 41.4 Å². The number of carbonyl (C=O) groups excluding carboxylic acids is 3. The first-order valence-electron chi connectivity index (χ1n) is 9.96. The van der Waals surface area contributed by atoms with E-state index in [2.05, 4.69) is 10.4 Å². The van der Waals surface area contributed by atoms with Crippen molar-refractivity contribution in [3.8, 4) is 0 Å². The largest absolute Gasteiger partial charge is 0.452 e. The average molecular weight is 486 g/mol. The SMILES string of the molecule is Cc1nn(Cc2ccccc2Cl)c(C)c1/C=C/C(=O)OCC(=O)NC(=O)c1ccc(Cl)cc1. The molecule has 2 aromatic carbocycles. The van der Waals surface area contributed by atoms with Crippen molar-refractivity contribution in [2.24, 2.45) is 0 Å². The summed E-state index contributed by atoms with van der Waals surface area (Å²) in [7, 11) is 0. The zero-order valence-electron chi connectivity index (χ0n) is 18.0. The number of imide groups is 1. The Morgan fingerprint density at radius 1 is 1.06 bits per heavy atom. The summed E-state index contributed by atoms with van der Waals surface area (Å²) in [6.07, 6.45) is 2.80. The summed E-state index contributed by atoms with van der Waals surface area (Å²) < 4.78 is 6.73. The second-order valence-electron chi connectivity index (χ2n) is 7.16. The fourth-order valence-electron chi connectivity index (χ4n) is 3.07. The molecule has 0 saturated carbocycles. The molecule has 0 bridgehead atoms. The van der Waals surface area contributed by atoms with E-state index >= 15 is 0 Å². The van der Waals surface area contributed by atoms with Crippen LogP contribution in [0.25, 0.3) is 6.08 Å². The molecule has 0 atom stereocenters. The fourth-order valence-corrected chi connectivity index (χ4v) is 3.39. The molecule has 3 aromatic rings. The third-order valence-corrected chi connectivity index (χ3v) is 5.43. The minimum atomic E-state index is -0.739. The number of aromatic nitrogens is 2. The Labute approximate surface area is 201 Å². The lowest BCUT2D eigenvalue weighted by Gasteiger charge is -2.06. The molecule has 0 aliphatic heterocycles. The molecule has 1 aromatic heterocycles. The van der Waals surface area contributed by atoms with Crippen molar-refractivity contribution < 1.29 is 19.1 Å². The Hall–Kier alpha value is -3.42. The molecule has 7 nitrogen and oxygen atoms in total. The summed E-state index contributed by atoms with van der Waals surface area (Å²) in [5.41, 5.74) is 3.54. The number of carbonyl (C=O) groups is 3. The zero-order valence-corrected chi connectivity index (χ0v) is 19.5. The van der Waals surface area contributed by atoms with Gasteiger partial charge in [0.1, 0.15) is 0 Å². The van der Waals surface area contributed by atoms with Crippen LogP contribution >= 0.6 is 23.2 Å². The third-order valence-electron chi connectivity index (χ3n) is 4.81. The van der Waals surface area contributed by atoms with Crippen LogP contribution in [0.15, 0.2) is 54.6 Å². The lowest BCUT2D eigenvalue weighted by Crippen LogP contribution is -2.34. The molecule has 33 heavy (non-hydrogen) atoms. The van der Waals surface area contributed by atoms with Gasteiger partial charge < -0.3 is 4.74 Å². The summed E-state index contributed by atoms with van der Waals surface area (Å²) in [4.78, 5) is 36.0. The molecule has 0 unspecified atom stereocenters. The lowest BCUT2D eigenvalue weighted by atomic mass is 10.1.